The van der Waals surface area contributed by atoms with Gasteiger partial charge in [0.25, 0.3) is 0 Å². The van der Waals surface area contributed by atoms with Gasteiger partial charge in [-0.2, -0.15) is 0 Å². The summed E-state index contributed by atoms with van der Waals surface area (Å²) in [7, 11) is 0. The van der Waals surface area contributed by atoms with Crippen molar-refractivity contribution in [2.45, 2.75) is 51.1 Å². The number of halogens is 1. The Morgan fingerprint density at radius 2 is 1.86 bits per heavy atom. The van der Waals surface area contributed by atoms with Crippen LogP contribution in [0.1, 0.15) is 44.1 Å². The number of nitrogens with zero attached hydrogens (tertiary/aromatic N) is 1. The van der Waals surface area contributed by atoms with Crippen LogP contribution in [0.4, 0.5) is 0 Å². The second-order valence-corrected chi connectivity index (χ2v) is 7.40. The van der Waals surface area contributed by atoms with Crippen molar-refractivity contribution in [1.29, 1.82) is 0 Å². The Labute approximate surface area is 133 Å². The molecule has 0 spiro atoms. The molecule has 116 valence electrons. The molecule has 3 heteroatoms. The normalized spacial score (nSPS) is 25.5. The fraction of sp³-hybridized carbons (Fsp3) is 0.667. The second-order valence-electron chi connectivity index (χ2n) is 6.96. The maximum atomic E-state index is 6.44. The van der Waals surface area contributed by atoms with E-state index in [0.29, 0.717) is 6.04 Å². The van der Waals surface area contributed by atoms with E-state index in [9.17, 15) is 0 Å². The highest BCUT2D eigenvalue weighted by molar-refractivity contribution is 6.30. The van der Waals surface area contributed by atoms with Gasteiger partial charge in [0.2, 0.25) is 0 Å². The first-order chi connectivity index (χ1) is 10.2. The predicted molar refractivity (Wildman–Crippen MR) is 89.4 cm³/mol. The summed E-state index contributed by atoms with van der Waals surface area (Å²) in [5, 5.41) is 0.820. The smallest absolute Gasteiger partial charge is 0.0406 e. The molecule has 1 saturated carbocycles. The lowest BCUT2D eigenvalue weighted by atomic mass is 9.89. The standard InChI is InChI=1S/C18H27ClN2/c19-17-7-5-14(6-8-17)12-21-10-9-15(13-21)11-18(20)16-3-1-2-4-16/h5-8,15-16,18H,1-4,9-13,20H2. The largest absolute Gasteiger partial charge is 0.327 e. The zero-order chi connectivity index (χ0) is 14.7. The van der Waals surface area contributed by atoms with Crippen molar-refractivity contribution in [1.82, 2.24) is 4.90 Å². The van der Waals surface area contributed by atoms with E-state index in [1.54, 1.807) is 0 Å². The Hall–Kier alpha value is -0.570. The lowest BCUT2D eigenvalue weighted by molar-refractivity contribution is 0.295. The van der Waals surface area contributed by atoms with Crippen molar-refractivity contribution in [3.8, 4) is 0 Å². The van der Waals surface area contributed by atoms with E-state index in [-0.39, 0.29) is 0 Å². The Morgan fingerprint density at radius 1 is 1.14 bits per heavy atom. The van der Waals surface area contributed by atoms with Gasteiger partial charge in [-0.3, -0.25) is 4.90 Å². The Kier molecular flexibility index (Phi) is 5.20. The van der Waals surface area contributed by atoms with Gasteiger partial charge < -0.3 is 5.73 Å². The van der Waals surface area contributed by atoms with Gasteiger partial charge in [-0.15, -0.1) is 0 Å². The van der Waals surface area contributed by atoms with E-state index in [1.807, 2.05) is 12.1 Å². The van der Waals surface area contributed by atoms with Crippen LogP contribution in [0.3, 0.4) is 0 Å². The van der Waals surface area contributed by atoms with Crippen LogP contribution >= 0.6 is 11.6 Å². The van der Waals surface area contributed by atoms with Crippen molar-refractivity contribution in [3.63, 3.8) is 0 Å². The first-order valence-corrected chi connectivity index (χ1v) is 8.81. The van der Waals surface area contributed by atoms with Crippen molar-refractivity contribution >= 4 is 11.6 Å². The number of likely N-dealkylation sites (tertiary alicyclic amines) is 1. The third kappa shape index (κ3) is 4.21. The SMILES string of the molecule is NC(CC1CCN(Cc2ccc(Cl)cc2)C1)C1CCCC1. The summed E-state index contributed by atoms with van der Waals surface area (Å²) in [6.07, 6.45) is 8.05. The Bertz CT molecular complexity index is 439. The maximum absolute atomic E-state index is 6.44. The van der Waals surface area contributed by atoms with Gasteiger partial charge >= 0.3 is 0 Å². The van der Waals surface area contributed by atoms with Crippen LogP contribution in [-0.2, 0) is 6.54 Å². The zero-order valence-electron chi connectivity index (χ0n) is 12.8. The Morgan fingerprint density at radius 3 is 2.57 bits per heavy atom. The number of hydrogen-bond acceptors (Lipinski definition) is 2. The molecule has 0 aromatic heterocycles. The first kappa shape index (κ1) is 15.3. The van der Waals surface area contributed by atoms with Crippen LogP contribution in [-0.4, -0.2) is 24.0 Å². The average Bonchev–Trinajstić information content (AvgIpc) is 3.13. The fourth-order valence-corrected chi connectivity index (χ4v) is 4.19. The average molecular weight is 307 g/mol. The number of benzene rings is 1. The highest BCUT2D eigenvalue weighted by Gasteiger charge is 2.28. The predicted octanol–water partition coefficient (Wildman–Crippen LogP) is 4.07. The third-order valence-electron chi connectivity index (χ3n) is 5.30. The molecule has 2 nitrogen and oxygen atoms in total. The van der Waals surface area contributed by atoms with Crippen molar-refractivity contribution in [3.05, 3.63) is 34.9 Å². The molecule has 1 heterocycles. The molecule has 21 heavy (non-hydrogen) atoms. The van der Waals surface area contributed by atoms with Gasteiger partial charge in [0.05, 0.1) is 0 Å². The zero-order valence-corrected chi connectivity index (χ0v) is 13.6. The van der Waals surface area contributed by atoms with Gasteiger partial charge in [-0.25, -0.2) is 0 Å². The lowest BCUT2D eigenvalue weighted by Gasteiger charge is -2.22. The molecule has 1 saturated heterocycles. The van der Waals surface area contributed by atoms with Crippen LogP contribution < -0.4 is 5.73 Å². The molecule has 2 atom stereocenters. The monoisotopic (exact) mass is 306 g/mol. The van der Waals surface area contributed by atoms with E-state index in [0.717, 1.165) is 23.4 Å². The summed E-state index contributed by atoms with van der Waals surface area (Å²) in [6.45, 7) is 3.47. The van der Waals surface area contributed by atoms with Gasteiger partial charge in [-0.05, 0) is 61.8 Å². The molecule has 1 aliphatic heterocycles. The minimum absolute atomic E-state index is 0.438. The van der Waals surface area contributed by atoms with E-state index in [2.05, 4.69) is 17.0 Å². The van der Waals surface area contributed by atoms with Crippen LogP contribution in [0.15, 0.2) is 24.3 Å². The van der Waals surface area contributed by atoms with E-state index >= 15 is 0 Å². The highest BCUT2D eigenvalue weighted by Crippen LogP contribution is 2.31. The molecule has 2 N–H and O–H groups in total. The van der Waals surface area contributed by atoms with Gasteiger partial charge in [0.15, 0.2) is 0 Å². The quantitative estimate of drug-likeness (QED) is 0.888. The maximum Gasteiger partial charge on any atom is 0.0406 e. The second kappa shape index (κ2) is 7.13. The molecular weight excluding hydrogens is 280 g/mol. The van der Waals surface area contributed by atoms with Crippen LogP contribution in [0.25, 0.3) is 0 Å². The van der Waals surface area contributed by atoms with E-state index < -0.39 is 0 Å². The molecule has 3 rings (SSSR count). The highest BCUT2D eigenvalue weighted by atomic mass is 35.5. The summed E-state index contributed by atoms with van der Waals surface area (Å²) >= 11 is 5.94. The van der Waals surface area contributed by atoms with Gasteiger partial charge in [0, 0.05) is 24.2 Å². The minimum Gasteiger partial charge on any atom is -0.327 e. The Balaban J connectivity index is 1.45. The summed E-state index contributed by atoms with van der Waals surface area (Å²) in [5.41, 5.74) is 7.80. The van der Waals surface area contributed by atoms with Crippen molar-refractivity contribution in [2.24, 2.45) is 17.6 Å². The molecule has 2 fully saturated rings. The third-order valence-corrected chi connectivity index (χ3v) is 5.55. The molecule has 2 aliphatic rings. The van der Waals surface area contributed by atoms with Crippen LogP contribution in [0, 0.1) is 11.8 Å². The van der Waals surface area contributed by atoms with Crippen molar-refractivity contribution in [2.75, 3.05) is 13.1 Å². The molecule has 0 bridgehead atoms. The molecule has 1 aromatic carbocycles. The minimum atomic E-state index is 0.438. The summed E-state index contributed by atoms with van der Waals surface area (Å²) in [4.78, 5) is 2.56. The summed E-state index contributed by atoms with van der Waals surface area (Å²) in [5.74, 6) is 1.60. The van der Waals surface area contributed by atoms with E-state index in [1.165, 1.54) is 57.2 Å². The number of hydrogen-bond donors (Lipinski definition) is 1. The summed E-state index contributed by atoms with van der Waals surface area (Å²) in [6, 6.07) is 8.69. The van der Waals surface area contributed by atoms with Gasteiger partial charge in [0.1, 0.15) is 0 Å². The molecule has 1 aliphatic carbocycles. The lowest BCUT2D eigenvalue weighted by Crippen LogP contribution is -2.31. The van der Waals surface area contributed by atoms with Crippen LogP contribution in [0.2, 0.25) is 5.02 Å². The fourth-order valence-electron chi connectivity index (χ4n) is 4.06. The molecule has 0 radical (unpaired) electrons. The van der Waals surface area contributed by atoms with E-state index in [4.69, 9.17) is 17.3 Å². The molecular formula is C18H27ClN2. The summed E-state index contributed by atoms with van der Waals surface area (Å²) < 4.78 is 0. The van der Waals surface area contributed by atoms with Crippen molar-refractivity contribution < 1.29 is 0 Å². The number of rotatable bonds is 5. The molecule has 2 unspecified atom stereocenters. The first-order valence-electron chi connectivity index (χ1n) is 8.43. The van der Waals surface area contributed by atoms with Crippen LogP contribution in [0.5, 0.6) is 0 Å². The molecule has 0 amide bonds. The topological polar surface area (TPSA) is 29.3 Å². The molecule has 1 aromatic rings. The number of nitrogens with two attached hydrogens (primary N) is 1. The van der Waals surface area contributed by atoms with Gasteiger partial charge in [-0.1, -0.05) is 36.6 Å².